The first-order valence-electron chi connectivity index (χ1n) is 7.58. The van der Waals surface area contributed by atoms with Crippen LogP contribution in [-0.2, 0) is 4.79 Å². The number of carbonyl (C=O) groups excluding carboxylic acids is 1. The van der Waals surface area contributed by atoms with E-state index in [4.69, 9.17) is 20.9 Å². The molecule has 2 aromatic carbocycles. The molecule has 26 heavy (non-hydrogen) atoms. The first-order valence-corrected chi connectivity index (χ1v) is 9.25. The number of esters is 1. The van der Waals surface area contributed by atoms with Crippen molar-refractivity contribution >= 4 is 29.3 Å². The Kier molecular flexibility index (Phi) is 5.58. The van der Waals surface area contributed by atoms with E-state index in [0.717, 1.165) is 5.56 Å². The second-order valence-corrected chi connectivity index (χ2v) is 6.68. The molecule has 0 amide bonds. The van der Waals surface area contributed by atoms with Gasteiger partial charge in [0, 0.05) is 6.92 Å². The van der Waals surface area contributed by atoms with Crippen LogP contribution in [0.2, 0.25) is 5.02 Å². The number of benzene rings is 2. The molecule has 1 aromatic heterocycles. The maximum Gasteiger partial charge on any atom is 0.308 e. The van der Waals surface area contributed by atoms with E-state index in [-0.39, 0.29) is 27.6 Å². The molecule has 0 spiro atoms. The maximum absolute atomic E-state index is 14.0. The van der Waals surface area contributed by atoms with Crippen LogP contribution in [0.25, 0.3) is 11.4 Å². The minimum absolute atomic E-state index is 0.0960. The van der Waals surface area contributed by atoms with Crippen LogP contribution in [0, 0.1) is 5.82 Å². The summed E-state index contributed by atoms with van der Waals surface area (Å²) in [5.74, 6) is -0.0324. The fraction of sp³-hybridized carbons (Fsp3) is 0.167. The lowest BCUT2D eigenvalue weighted by Gasteiger charge is -2.10. The van der Waals surface area contributed by atoms with Crippen LogP contribution >= 0.6 is 23.4 Å². The first kappa shape index (κ1) is 18.4. The lowest BCUT2D eigenvalue weighted by atomic mass is 10.1. The molecule has 0 fully saturated rings. The molecule has 5 nitrogen and oxygen atoms in total. The number of aromatic nitrogens is 2. The molecule has 1 unspecified atom stereocenters. The summed E-state index contributed by atoms with van der Waals surface area (Å²) in [6.45, 7) is 1.34. The predicted molar refractivity (Wildman–Crippen MR) is 97.8 cm³/mol. The van der Waals surface area contributed by atoms with Crippen molar-refractivity contribution in [2.24, 2.45) is 0 Å². The summed E-state index contributed by atoms with van der Waals surface area (Å²) in [6.07, 6.45) is 1.89. The van der Waals surface area contributed by atoms with Crippen molar-refractivity contribution in [3.63, 3.8) is 0 Å². The van der Waals surface area contributed by atoms with Crippen molar-refractivity contribution in [1.29, 1.82) is 0 Å². The zero-order chi connectivity index (χ0) is 18.7. The fourth-order valence-electron chi connectivity index (χ4n) is 2.41. The molecule has 0 radical (unpaired) electrons. The van der Waals surface area contributed by atoms with E-state index in [9.17, 15) is 9.18 Å². The molecular weight excluding hydrogens is 379 g/mol. The van der Waals surface area contributed by atoms with Crippen molar-refractivity contribution in [3.8, 4) is 17.1 Å². The Hall–Kier alpha value is -2.38. The molecule has 0 saturated heterocycles. The van der Waals surface area contributed by atoms with Gasteiger partial charge in [0.15, 0.2) is 0 Å². The molecule has 8 heteroatoms. The minimum Gasteiger partial charge on any atom is -0.427 e. The third-order valence-corrected chi connectivity index (χ3v) is 4.79. The number of ether oxygens (including phenoxy) is 1. The smallest absolute Gasteiger partial charge is 0.308 e. The van der Waals surface area contributed by atoms with Gasteiger partial charge in [0.25, 0.3) is 0 Å². The Morgan fingerprint density at radius 3 is 2.62 bits per heavy atom. The maximum atomic E-state index is 14.0. The highest BCUT2D eigenvalue weighted by molar-refractivity contribution is 7.99. The first-order chi connectivity index (χ1) is 12.5. The summed E-state index contributed by atoms with van der Waals surface area (Å²) in [4.78, 5) is 15.3. The summed E-state index contributed by atoms with van der Waals surface area (Å²) in [7, 11) is 0. The minimum atomic E-state index is -0.517. The Labute approximate surface area is 158 Å². The predicted octanol–water partition coefficient (Wildman–Crippen LogP) is 4.91. The lowest BCUT2D eigenvalue weighted by molar-refractivity contribution is -0.131. The van der Waals surface area contributed by atoms with E-state index in [1.165, 1.54) is 30.8 Å². The number of hydrogen-bond donors (Lipinski definition) is 0. The number of thioether (sulfide) groups is 1. The zero-order valence-corrected chi connectivity index (χ0v) is 15.5. The van der Waals surface area contributed by atoms with Gasteiger partial charge in [0.2, 0.25) is 11.7 Å². The average Bonchev–Trinajstić information content (AvgIpc) is 3.06. The molecule has 0 saturated carbocycles. The third-order valence-electron chi connectivity index (χ3n) is 3.53. The summed E-state index contributed by atoms with van der Waals surface area (Å²) in [6, 6.07) is 11.3. The van der Waals surface area contributed by atoms with Gasteiger partial charge in [-0.25, -0.2) is 4.39 Å². The van der Waals surface area contributed by atoms with Crippen LogP contribution in [0.1, 0.15) is 23.6 Å². The highest BCUT2D eigenvalue weighted by Crippen LogP contribution is 2.36. The van der Waals surface area contributed by atoms with Crippen molar-refractivity contribution in [2.75, 3.05) is 6.26 Å². The lowest BCUT2D eigenvalue weighted by Crippen LogP contribution is -2.02. The number of carbonyl (C=O) groups is 1. The third kappa shape index (κ3) is 3.89. The number of hydrogen-bond acceptors (Lipinski definition) is 6. The van der Waals surface area contributed by atoms with Crippen molar-refractivity contribution in [2.45, 2.75) is 12.2 Å². The molecule has 0 aliphatic heterocycles. The van der Waals surface area contributed by atoms with Gasteiger partial charge in [-0.05, 0) is 36.1 Å². The Morgan fingerprint density at radius 2 is 2.00 bits per heavy atom. The second-order valence-electron chi connectivity index (χ2n) is 5.33. The van der Waals surface area contributed by atoms with Crippen LogP contribution < -0.4 is 4.74 Å². The average molecular weight is 393 g/mol. The van der Waals surface area contributed by atoms with Gasteiger partial charge in [-0.1, -0.05) is 35.0 Å². The van der Waals surface area contributed by atoms with Gasteiger partial charge in [-0.2, -0.15) is 4.98 Å². The summed E-state index contributed by atoms with van der Waals surface area (Å²) < 4.78 is 24.4. The van der Waals surface area contributed by atoms with Crippen LogP contribution in [-0.4, -0.2) is 22.4 Å². The SMILES string of the molecule is CSC(c1ccc(OC(C)=O)cc1)c1nc(-c2c(F)cccc2Cl)no1. The van der Waals surface area contributed by atoms with Crippen molar-refractivity contribution < 1.29 is 18.4 Å². The normalized spacial score (nSPS) is 12.0. The Balaban J connectivity index is 1.90. The van der Waals surface area contributed by atoms with Crippen LogP contribution in [0.3, 0.4) is 0 Å². The number of rotatable bonds is 5. The highest BCUT2D eigenvalue weighted by Gasteiger charge is 2.23. The summed E-state index contributed by atoms with van der Waals surface area (Å²) in [5.41, 5.74) is 0.984. The van der Waals surface area contributed by atoms with E-state index >= 15 is 0 Å². The fourth-order valence-corrected chi connectivity index (χ4v) is 3.38. The molecule has 0 bridgehead atoms. The van der Waals surface area contributed by atoms with E-state index in [0.29, 0.717) is 11.6 Å². The van der Waals surface area contributed by atoms with Crippen molar-refractivity contribution in [1.82, 2.24) is 10.1 Å². The van der Waals surface area contributed by atoms with E-state index in [2.05, 4.69) is 10.1 Å². The van der Waals surface area contributed by atoms with Gasteiger partial charge in [0.05, 0.1) is 10.6 Å². The van der Waals surface area contributed by atoms with Crippen LogP contribution in [0.15, 0.2) is 47.0 Å². The zero-order valence-electron chi connectivity index (χ0n) is 13.9. The molecule has 0 aliphatic rings. The number of halogens is 2. The molecule has 0 N–H and O–H groups in total. The number of nitrogens with zero attached hydrogens (tertiary/aromatic N) is 2. The molecule has 134 valence electrons. The largest absolute Gasteiger partial charge is 0.427 e. The molecular formula is C18H14ClFN2O3S. The quantitative estimate of drug-likeness (QED) is 0.454. The Morgan fingerprint density at radius 1 is 1.27 bits per heavy atom. The van der Waals surface area contributed by atoms with Crippen LogP contribution in [0.4, 0.5) is 4.39 Å². The monoisotopic (exact) mass is 392 g/mol. The van der Waals surface area contributed by atoms with Gasteiger partial charge in [0.1, 0.15) is 16.8 Å². The molecule has 3 aromatic rings. The van der Waals surface area contributed by atoms with E-state index in [1.807, 2.05) is 6.26 Å². The van der Waals surface area contributed by atoms with Gasteiger partial charge in [-0.3, -0.25) is 4.79 Å². The molecule has 1 atom stereocenters. The van der Waals surface area contributed by atoms with E-state index in [1.54, 1.807) is 30.3 Å². The summed E-state index contributed by atoms with van der Waals surface area (Å²) in [5, 5.41) is 3.82. The molecule has 3 rings (SSSR count). The van der Waals surface area contributed by atoms with Gasteiger partial charge < -0.3 is 9.26 Å². The topological polar surface area (TPSA) is 65.2 Å². The Bertz CT molecular complexity index is 910. The standard InChI is InChI=1S/C18H14ClFN2O3S/c1-10(23)24-12-8-6-11(7-9-12)16(26-2)18-21-17(22-25-18)15-13(19)4-3-5-14(15)20/h3-9,16H,1-2H3. The van der Waals surface area contributed by atoms with Gasteiger partial charge in [-0.15, -0.1) is 11.8 Å². The molecule has 0 aliphatic carbocycles. The highest BCUT2D eigenvalue weighted by atomic mass is 35.5. The molecule has 1 heterocycles. The van der Waals surface area contributed by atoms with E-state index < -0.39 is 5.82 Å². The van der Waals surface area contributed by atoms with Crippen molar-refractivity contribution in [3.05, 3.63) is 64.8 Å². The second kappa shape index (κ2) is 7.88. The van der Waals surface area contributed by atoms with Crippen LogP contribution in [0.5, 0.6) is 5.75 Å². The summed E-state index contributed by atoms with van der Waals surface area (Å²) >= 11 is 7.54. The van der Waals surface area contributed by atoms with Gasteiger partial charge >= 0.3 is 5.97 Å².